The number of sulfone groups is 1. The van der Waals surface area contributed by atoms with Crippen molar-refractivity contribution in [1.82, 2.24) is 0 Å². The van der Waals surface area contributed by atoms with E-state index in [9.17, 15) is 13.2 Å². The molecule has 0 spiro atoms. The van der Waals surface area contributed by atoms with Gasteiger partial charge in [-0.05, 0) is 11.5 Å². The highest BCUT2D eigenvalue weighted by molar-refractivity contribution is 7.91. The molecule has 0 aliphatic rings. The quantitative estimate of drug-likeness (QED) is 0.896. The Balaban J connectivity index is 2.77. The molecule has 0 bridgehead atoms. The predicted octanol–water partition coefficient (Wildman–Crippen LogP) is 1.56. The Morgan fingerprint density at radius 2 is 1.90 bits per heavy atom. The Labute approximate surface area is 117 Å². The van der Waals surface area contributed by atoms with Gasteiger partial charge >= 0.3 is 0 Å². The van der Waals surface area contributed by atoms with Gasteiger partial charge in [-0.15, -0.1) is 0 Å². The van der Waals surface area contributed by atoms with E-state index in [4.69, 9.17) is 5.11 Å². The number of aliphatic hydroxyl groups excluding tert-OH is 1. The molecule has 0 saturated heterocycles. The summed E-state index contributed by atoms with van der Waals surface area (Å²) in [5, 5.41) is 12.8. The SMILES string of the molecule is CC(=O)Nc1ccc2ccccc2c1S(=O)(=O)CCO. The van der Waals surface area contributed by atoms with Crippen LogP contribution in [0.15, 0.2) is 41.3 Å². The van der Waals surface area contributed by atoms with Gasteiger partial charge in [-0.1, -0.05) is 30.3 Å². The second-order valence-electron chi connectivity index (χ2n) is 4.39. The summed E-state index contributed by atoms with van der Waals surface area (Å²) >= 11 is 0. The molecule has 0 radical (unpaired) electrons. The lowest BCUT2D eigenvalue weighted by Gasteiger charge is -2.13. The normalized spacial score (nSPS) is 11.5. The zero-order valence-corrected chi connectivity index (χ0v) is 11.8. The summed E-state index contributed by atoms with van der Waals surface area (Å²) in [6.07, 6.45) is 0. The first-order valence-corrected chi connectivity index (χ1v) is 7.74. The standard InChI is InChI=1S/C14H15NO4S/c1-10(17)15-13-7-6-11-4-2-3-5-12(11)14(13)20(18,19)9-8-16/h2-7,16H,8-9H2,1H3,(H,15,17). The van der Waals surface area contributed by atoms with Gasteiger partial charge in [0.25, 0.3) is 0 Å². The van der Waals surface area contributed by atoms with Gasteiger partial charge < -0.3 is 10.4 Å². The summed E-state index contributed by atoms with van der Waals surface area (Å²) in [6.45, 7) is 0.850. The number of aliphatic hydroxyl groups is 1. The maximum Gasteiger partial charge on any atom is 0.221 e. The number of nitrogens with one attached hydrogen (secondary N) is 1. The van der Waals surface area contributed by atoms with Gasteiger partial charge in [-0.3, -0.25) is 4.79 Å². The van der Waals surface area contributed by atoms with Gasteiger partial charge in [0, 0.05) is 12.3 Å². The van der Waals surface area contributed by atoms with Crippen molar-refractivity contribution >= 4 is 32.2 Å². The first kappa shape index (κ1) is 14.5. The summed E-state index contributed by atoms with van der Waals surface area (Å²) in [5.74, 6) is -0.728. The number of hydrogen-bond donors (Lipinski definition) is 2. The number of fused-ring (bicyclic) bond motifs is 1. The van der Waals surface area contributed by atoms with Crippen LogP contribution in [0.5, 0.6) is 0 Å². The second kappa shape index (κ2) is 5.60. The number of hydrogen-bond acceptors (Lipinski definition) is 4. The number of carbonyl (C=O) groups is 1. The third-order valence-corrected chi connectivity index (χ3v) is 4.64. The molecule has 0 unspecified atom stereocenters. The molecule has 1 amide bonds. The Bertz CT molecular complexity index is 753. The van der Waals surface area contributed by atoms with Crippen molar-refractivity contribution in [2.24, 2.45) is 0 Å². The molecule has 0 atom stereocenters. The lowest BCUT2D eigenvalue weighted by atomic mass is 10.1. The highest BCUT2D eigenvalue weighted by Gasteiger charge is 2.22. The molecule has 106 valence electrons. The topological polar surface area (TPSA) is 83.5 Å². The third kappa shape index (κ3) is 2.81. The van der Waals surface area contributed by atoms with Crippen molar-refractivity contribution in [3.8, 4) is 0 Å². The summed E-state index contributed by atoms with van der Waals surface area (Å²) in [4.78, 5) is 11.3. The predicted molar refractivity (Wildman–Crippen MR) is 77.4 cm³/mol. The molecule has 20 heavy (non-hydrogen) atoms. The Morgan fingerprint density at radius 3 is 2.55 bits per heavy atom. The fraction of sp³-hybridized carbons (Fsp3) is 0.214. The van der Waals surface area contributed by atoms with Crippen molar-refractivity contribution in [1.29, 1.82) is 0 Å². The molecular weight excluding hydrogens is 278 g/mol. The largest absolute Gasteiger partial charge is 0.395 e. The lowest BCUT2D eigenvalue weighted by molar-refractivity contribution is -0.114. The number of amides is 1. The van der Waals surface area contributed by atoms with Crippen LogP contribution in [-0.4, -0.2) is 31.8 Å². The summed E-state index contributed by atoms with van der Waals surface area (Å²) in [5.41, 5.74) is 0.240. The molecule has 0 fully saturated rings. The first-order chi connectivity index (χ1) is 9.45. The zero-order chi connectivity index (χ0) is 14.8. The Morgan fingerprint density at radius 1 is 1.20 bits per heavy atom. The van der Waals surface area contributed by atoms with E-state index < -0.39 is 16.4 Å². The van der Waals surface area contributed by atoms with Crippen molar-refractivity contribution in [2.45, 2.75) is 11.8 Å². The van der Waals surface area contributed by atoms with Crippen molar-refractivity contribution in [2.75, 3.05) is 17.7 Å². The summed E-state index contributed by atoms with van der Waals surface area (Å²) < 4.78 is 24.7. The molecule has 0 aliphatic heterocycles. The molecule has 2 aromatic rings. The zero-order valence-electron chi connectivity index (χ0n) is 11.0. The van der Waals surface area contributed by atoms with Crippen molar-refractivity contribution in [3.63, 3.8) is 0 Å². The van der Waals surface area contributed by atoms with Crippen LogP contribution in [-0.2, 0) is 14.6 Å². The summed E-state index contributed by atoms with van der Waals surface area (Å²) in [6, 6.07) is 10.3. The van der Waals surface area contributed by atoms with E-state index in [0.717, 1.165) is 5.39 Å². The monoisotopic (exact) mass is 293 g/mol. The fourth-order valence-electron chi connectivity index (χ4n) is 2.09. The van der Waals surface area contributed by atoms with Crippen molar-refractivity contribution in [3.05, 3.63) is 36.4 Å². The molecule has 0 aliphatic carbocycles. The molecular formula is C14H15NO4S. The third-order valence-electron chi connectivity index (χ3n) is 2.86. The van der Waals surface area contributed by atoms with Crippen LogP contribution in [0.1, 0.15) is 6.92 Å². The van der Waals surface area contributed by atoms with E-state index in [-0.39, 0.29) is 22.2 Å². The molecule has 0 heterocycles. The summed E-state index contributed by atoms with van der Waals surface area (Å²) in [7, 11) is -3.68. The number of benzene rings is 2. The lowest BCUT2D eigenvalue weighted by Crippen LogP contribution is -2.15. The van der Waals surface area contributed by atoms with E-state index in [1.807, 2.05) is 6.07 Å². The highest BCUT2D eigenvalue weighted by Crippen LogP contribution is 2.31. The average Bonchev–Trinajstić information content (AvgIpc) is 2.37. The molecule has 5 nitrogen and oxygen atoms in total. The van der Waals surface area contributed by atoms with Crippen LogP contribution >= 0.6 is 0 Å². The van der Waals surface area contributed by atoms with Gasteiger partial charge in [-0.25, -0.2) is 8.42 Å². The molecule has 2 rings (SSSR count). The van der Waals surface area contributed by atoms with Gasteiger partial charge in [0.15, 0.2) is 9.84 Å². The van der Waals surface area contributed by atoms with E-state index in [1.165, 1.54) is 6.92 Å². The van der Waals surface area contributed by atoms with Crippen LogP contribution < -0.4 is 5.32 Å². The highest BCUT2D eigenvalue weighted by atomic mass is 32.2. The van der Waals surface area contributed by atoms with E-state index in [1.54, 1.807) is 30.3 Å². The van der Waals surface area contributed by atoms with Crippen molar-refractivity contribution < 1.29 is 18.3 Å². The van der Waals surface area contributed by atoms with Gasteiger partial charge in [0.2, 0.25) is 5.91 Å². The smallest absolute Gasteiger partial charge is 0.221 e. The van der Waals surface area contributed by atoms with E-state index in [0.29, 0.717) is 5.39 Å². The minimum absolute atomic E-state index is 0.0554. The minimum Gasteiger partial charge on any atom is -0.395 e. The molecule has 6 heteroatoms. The number of anilines is 1. The maximum atomic E-state index is 12.3. The van der Waals surface area contributed by atoms with E-state index in [2.05, 4.69) is 5.32 Å². The van der Waals surface area contributed by atoms with Gasteiger partial charge in [-0.2, -0.15) is 0 Å². The minimum atomic E-state index is -3.68. The molecule has 0 saturated carbocycles. The first-order valence-electron chi connectivity index (χ1n) is 6.08. The van der Waals surface area contributed by atoms with Gasteiger partial charge in [0.05, 0.1) is 22.9 Å². The van der Waals surface area contributed by atoms with Crippen LogP contribution in [0.4, 0.5) is 5.69 Å². The van der Waals surface area contributed by atoms with Crippen LogP contribution in [0.3, 0.4) is 0 Å². The van der Waals surface area contributed by atoms with Crippen LogP contribution in [0.25, 0.3) is 10.8 Å². The maximum absolute atomic E-state index is 12.3. The average molecular weight is 293 g/mol. The Hall–Kier alpha value is -1.92. The molecule has 2 N–H and O–H groups in total. The second-order valence-corrected chi connectivity index (χ2v) is 6.43. The number of carbonyl (C=O) groups excluding carboxylic acids is 1. The van der Waals surface area contributed by atoms with Crippen LogP contribution in [0.2, 0.25) is 0 Å². The van der Waals surface area contributed by atoms with E-state index >= 15 is 0 Å². The fourth-order valence-corrected chi connectivity index (χ4v) is 3.51. The molecule has 2 aromatic carbocycles. The Kier molecular flexibility index (Phi) is 4.06. The molecule has 0 aromatic heterocycles. The van der Waals surface area contributed by atoms with Gasteiger partial charge in [0.1, 0.15) is 0 Å². The van der Waals surface area contributed by atoms with Crippen LogP contribution in [0, 0.1) is 0 Å². The number of rotatable bonds is 4.